The number of nitrogens with zero attached hydrogens (tertiary/aromatic N) is 3. The van der Waals surface area contributed by atoms with Gasteiger partial charge >= 0.3 is 0 Å². The Bertz CT molecular complexity index is 2380. The summed E-state index contributed by atoms with van der Waals surface area (Å²) in [5, 5.41) is 8.66. The number of aromatic nitrogens is 1. The number of allylic oxidation sites excluding steroid dienone is 2. The zero-order valence-corrected chi connectivity index (χ0v) is 30.7. The lowest BCUT2D eigenvalue weighted by atomic mass is 10.0. The SMILES string of the molecule is CCN1CS(=CC=Cc2cc(C=CC=S3CN(CC)c4ccccc43)[n+]3c4ccccc4c4ccccc4c3c2)c2ccccc21.[O-][Cl+3]([O-])([O-])[O-]. The standard InChI is InChI=1S/C41H38N3S2.ClHO4/c1-3-42-29-45(40-23-11-9-21-37(40)42)25-13-15-31-27-32(16-14-26-46-30-43(4-2)38-22-10-12-24-41(38)46)44-36-20-8-7-18-34(36)33-17-5-6-19-35(33)39(44)28-31;2-1(3,4)5/h5-28H,3-4,29-30H2,1-2H3;(H,2,3,4,5)/q+1;/p-1. The highest BCUT2D eigenvalue weighted by Gasteiger charge is 2.22. The van der Waals surface area contributed by atoms with E-state index in [0.29, 0.717) is 0 Å². The van der Waals surface area contributed by atoms with Crippen molar-refractivity contribution in [3.8, 4) is 0 Å². The Balaban J connectivity index is 0.000000761. The topological polar surface area (TPSA) is 103 Å². The maximum atomic E-state index is 8.49. The third kappa shape index (κ3) is 7.52. The maximum Gasteiger partial charge on any atom is 0.220 e. The molecule has 2 unspecified atom stereocenters. The summed E-state index contributed by atoms with van der Waals surface area (Å²) in [4.78, 5) is 7.90. The third-order valence-corrected chi connectivity index (χ3v) is 13.1. The average Bonchev–Trinajstić information content (AvgIpc) is 3.68. The van der Waals surface area contributed by atoms with E-state index in [2.05, 4.69) is 172 Å². The van der Waals surface area contributed by atoms with Crippen molar-refractivity contribution < 1.29 is 33.3 Å². The molecule has 0 aliphatic carbocycles. The molecule has 51 heavy (non-hydrogen) atoms. The Morgan fingerprint density at radius 3 is 1.65 bits per heavy atom. The fourth-order valence-electron chi connectivity index (χ4n) is 6.89. The zero-order chi connectivity index (χ0) is 35.5. The molecule has 0 bridgehead atoms. The van der Waals surface area contributed by atoms with Crippen molar-refractivity contribution in [2.45, 2.75) is 23.6 Å². The second kappa shape index (κ2) is 15.1. The number of pyridine rings is 2. The lowest BCUT2D eigenvalue weighted by molar-refractivity contribution is -2.00. The lowest BCUT2D eigenvalue weighted by Gasteiger charge is -2.17. The van der Waals surface area contributed by atoms with Gasteiger partial charge in [-0.2, -0.15) is 4.40 Å². The van der Waals surface area contributed by atoms with Gasteiger partial charge in [0, 0.05) is 52.5 Å². The first-order chi connectivity index (χ1) is 24.7. The van der Waals surface area contributed by atoms with Gasteiger partial charge in [-0.25, -0.2) is 18.6 Å². The monoisotopic (exact) mass is 735 g/mol. The molecule has 8 rings (SSSR count). The summed E-state index contributed by atoms with van der Waals surface area (Å²) in [5.74, 6) is 2.12. The van der Waals surface area contributed by atoms with Gasteiger partial charge in [-0.1, -0.05) is 66.7 Å². The summed E-state index contributed by atoms with van der Waals surface area (Å²) in [7, 11) is -4.81. The molecule has 2 aromatic heterocycles. The van der Waals surface area contributed by atoms with E-state index in [4.69, 9.17) is 18.6 Å². The molecule has 0 amide bonds. The van der Waals surface area contributed by atoms with Crippen molar-refractivity contribution in [2.75, 3.05) is 34.6 Å². The van der Waals surface area contributed by atoms with E-state index in [-0.39, 0.29) is 21.0 Å². The second-order valence-corrected chi connectivity index (χ2v) is 16.5. The molecule has 4 heterocycles. The highest BCUT2D eigenvalue weighted by atomic mass is 35.7. The molecule has 0 radical (unpaired) electrons. The molecule has 0 saturated carbocycles. The van der Waals surface area contributed by atoms with Crippen molar-refractivity contribution in [1.29, 1.82) is 0 Å². The van der Waals surface area contributed by atoms with Crippen molar-refractivity contribution >= 4 is 82.4 Å². The van der Waals surface area contributed by atoms with Gasteiger partial charge in [0.1, 0.15) is 0 Å². The van der Waals surface area contributed by atoms with Crippen molar-refractivity contribution in [3.63, 3.8) is 0 Å². The third-order valence-electron chi connectivity index (χ3n) is 9.13. The zero-order valence-electron chi connectivity index (χ0n) is 28.4. The minimum atomic E-state index is -4.94. The molecule has 0 saturated heterocycles. The lowest BCUT2D eigenvalue weighted by Crippen LogP contribution is -2.68. The van der Waals surface area contributed by atoms with Gasteiger partial charge in [-0.05, 0) is 72.6 Å². The number of hydrogen-bond donors (Lipinski definition) is 0. The van der Waals surface area contributed by atoms with Crippen LogP contribution in [0.25, 0.3) is 39.3 Å². The van der Waals surface area contributed by atoms with Crippen LogP contribution in [0.3, 0.4) is 0 Å². The van der Waals surface area contributed by atoms with Gasteiger partial charge in [0.25, 0.3) is 0 Å². The van der Waals surface area contributed by atoms with E-state index in [1.807, 2.05) is 0 Å². The van der Waals surface area contributed by atoms with Crippen LogP contribution in [0.4, 0.5) is 11.4 Å². The quantitative estimate of drug-likeness (QED) is 0.105. The maximum absolute atomic E-state index is 8.49. The molecule has 7 nitrogen and oxygen atoms in total. The van der Waals surface area contributed by atoms with E-state index >= 15 is 0 Å². The van der Waals surface area contributed by atoms with Crippen LogP contribution >= 0.6 is 21.0 Å². The number of hydrogen-bond acceptors (Lipinski definition) is 6. The molecule has 0 N–H and O–H groups in total. The van der Waals surface area contributed by atoms with Gasteiger partial charge in [-0.15, -0.1) is 31.2 Å². The molecule has 2 aliphatic heterocycles. The summed E-state index contributed by atoms with van der Waals surface area (Å²) in [6.07, 6.45) is 9.18. The predicted octanol–water partition coefficient (Wildman–Crippen LogP) is 4.86. The van der Waals surface area contributed by atoms with Crippen LogP contribution in [-0.2, 0) is 0 Å². The van der Waals surface area contributed by atoms with Crippen molar-refractivity contribution in [1.82, 2.24) is 0 Å². The molecule has 2 aliphatic rings. The molecule has 0 fully saturated rings. The Kier molecular flexibility index (Phi) is 10.4. The smallest absolute Gasteiger partial charge is 0.220 e. The summed E-state index contributed by atoms with van der Waals surface area (Å²) in [5.41, 5.74) is 7.62. The first kappa shape index (κ1) is 35.1. The predicted molar refractivity (Wildman–Crippen MR) is 205 cm³/mol. The van der Waals surface area contributed by atoms with Crippen LogP contribution in [0.5, 0.6) is 0 Å². The molecular formula is C41H38ClN3O4S2. The summed E-state index contributed by atoms with van der Waals surface area (Å²) < 4.78 is 36.4. The summed E-state index contributed by atoms with van der Waals surface area (Å²) in [6.45, 7) is 6.57. The van der Waals surface area contributed by atoms with Crippen LogP contribution in [0, 0.1) is 10.2 Å². The second-order valence-electron chi connectivity index (χ2n) is 12.1. The molecule has 260 valence electrons. The Morgan fingerprint density at radius 2 is 1.08 bits per heavy atom. The van der Waals surface area contributed by atoms with Crippen LogP contribution in [-0.4, -0.2) is 35.6 Å². The Morgan fingerprint density at radius 1 is 0.608 bits per heavy atom. The summed E-state index contributed by atoms with van der Waals surface area (Å²) >= 11 is 0. The number of anilines is 2. The number of benzene rings is 4. The number of halogens is 1. The Labute approximate surface area is 305 Å². The van der Waals surface area contributed by atoms with E-state index < -0.39 is 10.2 Å². The van der Waals surface area contributed by atoms with Gasteiger partial charge in [-0.3, -0.25) is 0 Å². The van der Waals surface area contributed by atoms with Gasteiger partial charge in [0.05, 0.1) is 33.9 Å². The van der Waals surface area contributed by atoms with E-state index in [1.165, 1.54) is 59.6 Å². The first-order valence-electron chi connectivity index (χ1n) is 16.7. The highest BCUT2D eigenvalue weighted by Crippen LogP contribution is 2.44. The van der Waals surface area contributed by atoms with E-state index in [1.54, 1.807) is 0 Å². The molecular weight excluding hydrogens is 698 g/mol. The largest absolute Gasteiger partial charge is 0.362 e. The number of rotatable bonds is 6. The van der Waals surface area contributed by atoms with Crippen molar-refractivity contribution in [2.24, 2.45) is 0 Å². The van der Waals surface area contributed by atoms with Crippen LogP contribution in [0.1, 0.15) is 25.1 Å². The van der Waals surface area contributed by atoms with Crippen LogP contribution in [0.15, 0.2) is 131 Å². The van der Waals surface area contributed by atoms with Gasteiger partial charge in [0.15, 0.2) is 0 Å². The fraction of sp³-hybridized carbons (Fsp3) is 0.146. The minimum absolute atomic E-state index is 0.0601. The first-order valence-corrected chi connectivity index (χ1v) is 20.9. The van der Waals surface area contributed by atoms with E-state index in [9.17, 15) is 0 Å². The molecule has 10 heteroatoms. The number of para-hydroxylation sites is 3. The van der Waals surface area contributed by atoms with E-state index in [0.717, 1.165) is 24.8 Å². The molecule has 4 aromatic carbocycles. The van der Waals surface area contributed by atoms with Gasteiger partial charge in [0.2, 0.25) is 16.7 Å². The van der Waals surface area contributed by atoms with Gasteiger partial charge < -0.3 is 9.80 Å². The molecule has 0 spiro atoms. The van der Waals surface area contributed by atoms with Crippen molar-refractivity contribution in [3.05, 3.63) is 133 Å². The van der Waals surface area contributed by atoms with Crippen LogP contribution in [0.2, 0.25) is 0 Å². The average molecular weight is 736 g/mol. The highest BCUT2D eigenvalue weighted by molar-refractivity contribution is 8.16. The summed E-state index contributed by atoms with van der Waals surface area (Å²) in [6, 6.07) is 40.1. The Hall–Kier alpha value is -4.32. The molecule has 6 aromatic rings. The molecule has 2 atom stereocenters. The normalized spacial score (nSPS) is 17.3. The van der Waals surface area contributed by atoms with Crippen LogP contribution < -0.4 is 32.8 Å². The minimum Gasteiger partial charge on any atom is -0.362 e. The number of fused-ring (bicyclic) bond motifs is 8. The fourth-order valence-corrected chi connectivity index (χ4v) is 10.9.